The lowest BCUT2D eigenvalue weighted by Gasteiger charge is -2.17. The second-order valence-electron chi connectivity index (χ2n) is 6.11. The number of likely N-dealkylation sites (N-methyl/N-ethyl adjacent to an activating group) is 1. The van der Waals surface area contributed by atoms with Crippen LogP contribution in [0.5, 0.6) is 11.5 Å². The van der Waals surface area contributed by atoms with Gasteiger partial charge in [-0.3, -0.25) is 4.79 Å². The summed E-state index contributed by atoms with van der Waals surface area (Å²) in [5.74, 6) is 0.123. The molecule has 144 valence electrons. The van der Waals surface area contributed by atoms with Gasteiger partial charge in [-0.2, -0.15) is 0 Å². The molecule has 0 unspecified atom stereocenters. The lowest BCUT2D eigenvalue weighted by atomic mass is 10.1. The van der Waals surface area contributed by atoms with Crippen LogP contribution in [0.3, 0.4) is 0 Å². The molecule has 2 aromatic rings. The highest BCUT2D eigenvalue weighted by atomic mass is 16.5. The van der Waals surface area contributed by atoms with E-state index in [9.17, 15) is 9.59 Å². The molecule has 0 heterocycles. The number of nitrogens with zero attached hydrogens (tertiary/aromatic N) is 1. The fourth-order valence-electron chi connectivity index (χ4n) is 2.45. The quantitative estimate of drug-likeness (QED) is 0.667. The molecule has 0 bridgehead atoms. The van der Waals surface area contributed by atoms with Gasteiger partial charge in [0, 0.05) is 13.6 Å². The number of ether oxygens (including phenoxy) is 3. The Labute approximate surface area is 159 Å². The molecular weight excluding hydrogens is 346 g/mol. The van der Waals surface area contributed by atoms with Crippen molar-refractivity contribution in [1.82, 2.24) is 4.90 Å². The fourth-order valence-corrected chi connectivity index (χ4v) is 2.45. The maximum absolute atomic E-state index is 12.2. The summed E-state index contributed by atoms with van der Waals surface area (Å²) in [5, 5.41) is 0. The standard InChI is InChI=1S/C21H25NO5/c1-5-26-19-12-17(10-11-18(19)25-4)21(24)27-14-20(23)22(3)13-16-8-6-15(2)7-9-16/h6-12H,5,13-14H2,1-4H3. The van der Waals surface area contributed by atoms with Gasteiger partial charge in [0.2, 0.25) is 0 Å². The van der Waals surface area contributed by atoms with Crippen LogP contribution in [0.4, 0.5) is 0 Å². The Morgan fingerprint density at radius 1 is 1.04 bits per heavy atom. The van der Waals surface area contributed by atoms with Gasteiger partial charge < -0.3 is 19.1 Å². The van der Waals surface area contributed by atoms with Crippen molar-refractivity contribution in [2.24, 2.45) is 0 Å². The third-order valence-electron chi connectivity index (χ3n) is 3.99. The number of amides is 1. The molecule has 0 fully saturated rings. The van der Waals surface area contributed by atoms with E-state index in [0.717, 1.165) is 11.1 Å². The third-order valence-corrected chi connectivity index (χ3v) is 3.99. The number of carbonyl (C=O) groups excluding carboxylic acids is 2. The summed E-state index contributed by atoms with van der Waals surface area (Å²) in [4.78, 5) is 26.0. The topological polar surface area (TPSA) is 65.1 Å². The zero-order chi connectivity index (χ0) is 19.8. The molecule has 0 saturated heterocycles. The van der Waals surface area contributed by atoms with Gasteiger partial charge in [-0.25, -0.2) is 4.79 Å². The van der Waals surface area contributed by atoms with Gasteiger partial charge in [-0.05, 0) is 37.6 Å². The summed E-state index contributed by atoms with van der Waals surface area (Å²) < 4.78 is 15.8. The molecule has 0 atom stereocenters. The van der Waals surface area contributed by atoms with Crippen LogP contribution in [-0.4, -0.2) is 44.1 Å². The van der Waals surface area contributed by atoms with Crippen molar-refractivity contribution >= 4 is 11.9 Å². The Morgan fingerprint density at radius 2 is 1.74 bits per heavy atom. The summed E-state index contributed by atoms with van der Waals surface area (Å²) in [5.41, 5.74) is 2.47. The summed E-state index contributed by atoms with van der Waals surface area (Å²) in [7, 11) is 3.20. The average molecular weight is 371 g/mol. The van der Waals surface area contributed by atoms with Crippen LogP contribution < -0.4 is 9.47 Å². The molecule has 2 aromatic carbocycles. The first-order valence-corrected chi connectivity index (χ1v) is 8.72. The van der Waals surface area contributed by atoms with Gasteiger partial charge in [0.25, 0.3) is 5.91 Å². The number of methoxy groups -OCH3 is 1. The molecule has 1 amide bonds. The van der Waals surface area contributed by atoms with Gasteiger partial charge in [0.15, 0.2) is 18.1 Å². The first kappa shape index (κ1) is 20.3. The minimum atomic E-state index is -0.587. The van der Waals surface area contributed by atoms with Gasteiger partial charge >= 0.3 is 5.97 Å². The molecule has 0 aliphatic carbocycles. The summed E-state index contributed by atoms with van der Waals surface area (Å²) in [6, 6.07) is 12.7. The smallest absolute Gasteiger partial charge is 0.338 e. The van der Waals surface area contributed by atoms with Crippen molar-refractivity contribution < 1.29 is 23.8 Å². The highest BCUT2D eigenvalue weighted by Crippen LogP contribution is 2.28. The first-order valence-electron chi connectivity index (χ1n) is 8.72. The molecule has 0 radical (unpaired) electrons. The predicted octanol–water partition coefficient (Wildman–Crippen LogP) is 3.22. The maximum Gasteiger partial charge on any atom is 0.338 e. The van der Waals surface area contributed by atoms with Crippen LogP contribution in [0.2, 0.25) is 0 Å². The van der Waals surface area contributed by atoms with E-state index < -0.39 is 5.97 Å². The van der Waals surface area contributed by atoms with Crippen LogP contribution in [0.15, 0.2) is 42.5 Å². The van der Waals surface area contributed by atoms with Crippen molar-refractivity contribution in [1.29, 1.82) is 0 Å². The molecule has 6 nitrogen and oxygen atoms in total. The summed E-state index contributed by atoms with van der Waals surface area (Å²) in [6.07, 6.45) is 0. The number of rotatable bonds is 8. The first-order chi connectivity index (χ1) is 12.9. The average Bonchev–Trinajstić information content (AvgIpc) is 2.67. The molecule has 0 N–H and O–H groups in total. The number of aryl methyl sites for hydroxylation is 1. The molecule has 27 heavy (non-hydrogen) atoms. The number of carbonyl (C=O) groups is 2. The third kappa shape index (κ3) is 5.74. The van der Waals surface area contributed by atoms with Crippen molar-refractivity contribution in [2.45, 2.75) is 20.4 Å². The van der Waals surface area contributed by atoms with Crippen molar-refractivity contribution in [3.63, 3.8) is 0 Å². The second kappa shape index (κ2) is 9.62. The monoisotopic (exact) mass is 371 g/mol. The van der Waals surface area contributed by atoms with Gasteiger partial charge in [0.05, 0.1) is 19.3 Å². The van der Waals surface area contributed by atoms with E-state index in [-0.39, 0.29) is 12.5 Å². The molecule has 0 aliphatic rings. The van der Waals surface area contributed by atoms with Gasteiger partial charge in [-0.1, -0.05) is 29.8 Å². The van der Waals surface area contributed by atoms with E-state index >= 15 is 0 Å². The summed E-state index contributed by atoms with van der Waals surface area (Å²) >= 11 is 0. The van der Waals surface area contributed by atoms with Gasteiger partial charge in [-0.15, -0.1) is 0 Å². The Morgan fingerprint density at radius 3 is 2.37 bits per heavy atom. The van der Waals surface area contributed by atoms with Crippen molar-refractivity contribution in [3.8, 4) is 11.5 Å². The van der Waals surface area contributed by atoms with E-state index in [4.69, 9.17) is 14.2 Å². The van der Waals surface area contributed by atoms with E-state index in [2.05, 4.69) is 0 Å². The number of hydrogen-bond acceptors (Lipinski definition) is 5. The van der Waals surface area contributed by atoms with Crippen molar-refractivity contribution in [3.05, 3.63) is 59.2 Å². The zero-order valence-corrected chi connectivity index (χ0v) is 16.2. The highest BCUT2D eigenvalue weighted by Gasteiger charge is 2.16. The molecule has 2 rings (SSSR count). The fraction of sp³-hybridized carbons (Fsp3) is 0.333. The summed E-state index contributed by atoms with van der Waals surface area (Å²) in [6.45, 7) is 4.42. The molecule has 0 spiro atoms. The predicted molar refractivity (Wildman–Crippen MR) is 102 cm³/mol. The van der Waals surface area contributed by atoms with E-state index in [0.29, 0.717) is 30.2 Å². The minimum absolute atomic E-state index is 0.275. The number of esters is 1. The Balaban J connectivity index is 1.93. The molecule has 6 heteroatoms. The highest BCUT2D eigenvalue weighted by molar-refractivity contribution is 5.92. The normalized spacial score (nSPS) is 10.2. The second-order valence-corrected chi connectivity index (χ2v) is 6.11. The zero-order valence-electron chi connectivity index (χ0n) is 16.2. The molecular formula is C21H25NO5. The lowest BCUT2D eigenvalue weighted by molar-refractivity contribution is -0.133. The van der Waals surface area contributed by atoms with Crippen LogP contribution >= 0.6 is 0 Å². The lowest BCUT2D eigenvalue weighted by Crippen LogP contribution is -2.30. The van der Waals surface area contributed by atoms with E-state index in [1.54, 1.807) is 25.2 Å². The minimum Gasteiger partial charge on any atom is -0.493 e. The van der Waals surface area contributed by atoms with E-state index in [1.165, 1.54) is 12.0 Å². The van der Waals surface area contributed by atoms with E-state index in [1.807, 2.05) is 38.1 Å². The Hall–Kier alpha value is -3.02. The number of hydrogen-bond donors (Lipinski definition) is 0. The maximum atomic E-state index is 12.2. The van der Waals surface area contributed by atoms with Crippen molar-refractivity contribution in [2.75, 3.05) is 27.4 Å². The molecule has 0 aliphatic heterocycles. The van der Waals surface area contributed by atoms with Crippen LogP contribution in [-0.2, 0) is 16.1 Å². The van der Waals surface area contributed by atoms with Crippen LogP contribution in [0, 0.1) is 6.92 Å². The number of benzene rings is 2. The Kier molecular flexibility index (Phi) is 7.23. The van der Waals surface area contributed by atoms with Crippen LogP contribution in [0.25, 0.3) is 0 Å². The van der Waals surface area contributed by atoms with Crippen LogP contribution in [0.1, 0.15) is 28.4 Å². The van der Waals surface area contributed by atoms with Gasteiger partial charge in [0.1, 0.15) is 0 Å². The largest absolute Gasteiger partial charge is 0.493 e. The SMILES string of the molecule is CCOc1cc(C(=O)OCC(=O)N(C)Cc2ccc(C)cc2)ccc1OC. The molecule has 0 saturated carbocycles. The Bertz CT molecular complexity index is 786. The molecule has 0 aromatic heterocycles.